The fraction of sp³-hybridized carbons (Fsp3) is 0.667. The quantitative estimate of drug-likeness (QED) is 0.817. The highest BCUT2D eigenvalue weighted by Crippen LogP contribution is 2.15. The van der Waals surface area contributed by atoms with Gasteiger partial charge in [-0.2, -0.15) is 0 Å². The summed E-state index contributed by atoms with van der Waals surface area (Å²) in [6, 6.07) is 0. The maximum Gasteiger partial charge on any atom is 0.150 e. The lowest BCUT2D eigenvalue weighted by molar-refractivity contribution is 0.204. The molecular weight excluding hydrogens is 216 g/mol. The minimum absolute atomic E-state index is 0.240. The Morgan fingerprint density at radius 2 is 2.00 bits per heavy atom. The summed E-state index contributed by atoms with van der Waals surface area (Å²) in [4.78, 5) is 13.3. The van der Waals surface area contributed by atoms with Gasteiger partial charge in [0, 0.05) is 38.6 Å². The van der Waals surface area contributed by atoms with Crippen molar-refractivity contribution in [2.24, 2.45) is 0 Å². The molecule has 5 nitrogen and oxygen atoms in total. The van der Waals surface area contributed by atoms with Crippen molar-refractivity contribution < 1.29 is 5.11 Å². The number of aryl methyl sites for hydroxylation is 1. The third kappa shape index (κ3) is 3.14. The number of hydrogen-bond acceptors (Lipinski definition) is 5. The molecule has 1 aliphatic heterocycles. The van der Waals surface area contributed by atoms with Gasteiger partial charge < -0.3 is 10.0 Å². The molecule has 5 heteroatoms. The van der Waals surface area contributed by atoms with E-state index in [1.807, 2.05) is 6.92 Å². The molecule has 1 aromatic heterocycles. The zero-order valence-electron chi connectivity index (χ0n) is 10.3. The van der Waals surface area contributed by atoms with Crippen LogP contribution in [0.15, 0.2) is 12.4 Å². The lowest BCUT2D eigenvalue weighted by Crippen LogP contribution is -2.33. The van der Waals surface area contributed by atoms with E-state index in [0.717, 1.165) is 50.7 Å². The number of anilines is 1. The monoisotopic (exact) mass is 236 g/mol. The van der Waals surface area contributed by atoms with Crippen LogP contribution < -0.4 is 4.90 Å². The molecule has 0 amide bonds. The average molecular weight is 236 g/mol. The Balaban J connectivity index is 2.01. The maximum absolute atomic E-state index is 8.96. The third-order valence-electron chi connectivity index (χ3n) is 3.16. The molecule has 0 saturated carbocycles. The van der Waals surface area contributed by atoms with Gasteiger partial charge >= 0.3 is 0 Å². The summed E-state index contributed by atoms with van der Waals surface area (Å²) < 4.78 is 0. The van der Waals surface area contributed by atoms with Crippen LogP contribution in [0.1, 0.15) is 12.1 Å². The zero-order chi connectivity index (χ0) is 12.1. The highest BCUT2D eigenvalue weighted by molar-refractivity contribution is 5.42. The molecule has 1 N–H and O–H groups in total. The third-order valence-corrected chi connectivity index (χ3v) is 3.16. The van der Waals surface area contributed by atoms with Crippen molar-refractivity contribution in [3.63, 3.8) is 0 Å². The van der Waals surface area contributed by atoms with E-state index in [4.69, 9.17) is 5.11 Å². The van der Waals surface area contributed by atoms with E-state index in [9.17, 15) is 0 Å². The van der Waals surface area contributed by atoms with Gasteiger partial charge in [0.1, 0.15) is 5.82 Å². The molecule has 1 fully saturated rings. The van der Waals surface area contributed by atoms with Gasteiger partial charge in [-0.15, -0.1) is 0 Å². The van der Waals surface area contributed by atoms with Crippen LogP contribution in [0.2, 0.25) is 0 Å². The summed E-state index contributed by atoms with van der Waals surface area (Å²) in [5, 5.41) is 8.96. The molecule has 17 heavy (non-hydrogen) atoms. The summed E-state index contributed by atoms with van der Waals surface area (Å²) >= 11 is 0. The number of aliphatic hydroxyl groups excluding tert-OH is 1. The summed E-state index contributed by atoms with van der Waals surface area (Å²) in [5.41, 5.74) is 0.989. The standard InChI is InChI=1S/C12H20N4O/c1-11-12(14-4-3-13-11)16-6-2-5-15(7-8-16)9-10-17/h3-4,17H,2,5-10H2,1H3. The van der Waals surface area contributed by atoms with Crippen LogP contribution >= 0.6 is 0 Å². The van der Waals surface area contributed by atoms with E-state index in [-0.39, 0.29) is 6.61 Å². The second kappa shape index (κ2) is 5.93. The van der Waals surface area contributed by atoms with Crippen molar-refractivity contribution in [3.8, 4) is 0 Å². The lowest BCUT2D eigenvalue weighted by atomic mass is 10.3. The maximum atomic E-state index is 8.96. The molecule has 0 aromatic carbocycles. The second-order valence-electron chi connectivity index (χ2n) is 4.37. The molecular formula is C12H20N4O. The van der Waals surface area contributed by atoms with Crippen molar-refractivity contribution in [1.29, 1.82) is 0 Å². The highest BCUT2D eigenvalue weighted by Gasteiger charge is 2.16. The fourth-order valence-electron chi connectivity index (χ4n) is 2.26. The number of rotatable bonds is 3. The average Bonchev–Trinajstić information content (AvgIpc) is 2.56. The Labute approximate surface area is 102 Å². The van der Waals surface area contributed by atoms with Crippen LogP contribution in [0.3, 0.4) is 0 Å². The van der Waals surface area contributed by atoms with E-state index < -0.39 is 0 Å². The van der Waals surface area contributed by atoms with Crippen LogP contribution in [-0.4, -0.2) is 59.3 Å². The van der Waals surface area contributed by atoms with Gasteiger partial charge in [0.05, 0.1) is 12.3 Å². The summed E-state index contributed by atoms with van der Waals surface area (Å²) in [7, 11) is 0. The number of aromatic nitrogens is 2. The largest absolute Gasteiger partial charge is 0.395 e. The molecule has 0 radical (unpaired) electrons. The molecule has 2 heterocycles. The SMILES string of the molecule is Cc1nccnc1N1CCCN(CCO)CC1. The van der Waals surface area contributed by atoms with Crippen LogP contribution in [0.25, 0.3) is 0 Å². The molecule has 1 aliphatic rings. The van der Waals surface area contributed by atoms with Gasteiger partial charge in [-0.25, -0.2) is 4.98 Å². The molecule has 94 valence electrons. The minimum Gasteiger partial charge on any atom is -0.395 e. The first-order valence-electron chi connectivity index (χ1n) is 6.17. The van der Waals surface area contributed by atoms with E-state index in [0.29, 0.717) is 0 Å². The first kappa shape index (κ1) is 12.3. The van der Waals surface area contributed by atoms with Crippen molar-refractivity contribution in [2.45, 2.75) is 13.3 Å². The van der Waals surface area contributed by atoms with Crippen molar-refractivity contribution in [1.82, 2.24) is 14.9 Å². The Hall–Kier alpha value is -1.20. The Kier molecular flexibility index (Phi) is 4.28. The normalized spacial score (nSPS) is 18.1. The number of aliphatic hydroxyl groups is 1. The topological polar surface area (TPSA) is 52.5 Å². The number of nitrogens with zero attached hydrogens (tertiary/aromatic N) is 4. The lowest BCUT2D eigenvalue weighted by Gasteiger charge is -2.23. The Bertz CT molecular complexity index is 358. The van der Waals surface area contributed by atoms with Gasteiger partial charge in [-0.3, -0.25) is 9.88 Å². The molecule has 0 aliphatic carbocycles. The van der Waals surface area contributed by atoms with Crippen LogP contribution in [0.4, 0.5) is 5.82 Å². The van der Waals surface area contributed by atoms with Crippen LogP contribution in [0.5, 0.6) is 0 Å². The van der Waals surface area contributed by atoms with Gasteiger partial charge in [-0.1, -0.05) is 0 Å². The molecule has 0 unspecified atom stereocenters. The fourth-order valence-corrected chi connectivity index (χ4v) is 2.26. The molecule has 0 atom stereocenters. The Morgan fingerprint density at radius 1 is 1.18 bits per heavy atom. The highest BCUT2D eigenvalue weighted by atomic mass is 16.3. The van der Waals surface area contributed by atoms with Gasteiger partial charge in [0.25, 0.3) is 0 Å². The first-order valence-corrected chi connectivity index (χ1v) is 6.17. The van der Waals surface area contributed by atoms with Crippen LogP contribution in [-0.2, 0) is 0 Å². The molecule has 0 bridgehead atoms. The van der Waals surface area contributed by atoms with Crippen molar-refractivity contribution in [2.75, 3.05) is 44.2 Å². The minimum atomic E-state index is 0.240. The van der Waals surface area contributed by atoms with E-state index in [2.05, 4.69) is 19.8 Å². The summed E-state index contributed by atoms with van der Waals surface area (Å²) in [6.45, 7) is 7.02. The number of hydrogen-bond donors (Lipinski definition) is 1. The summed E-state index contributed by atoms with van der Waals surface area (Å²) in [6.07, 6.45) is 4.59. The predicted octanol–water partition coefficient (Wildman–Crippen LogP) is 0.289. The van der Waals surface area contributed by atoms with Gasteiger partial charge in [0.2, 0.25) is 0 Å². The summed E-state index contributed by atoms with van der Waals surface area (Å²) in [5.74, 6) is 0.998. The van der Waals surface area contributed by atoms with Gasteiger partial charge in [0.15, 0.2) is 0 Å². The molecule has 2 rings (SSSR count). The molecule has 1 aromatic rings. The molecule has 0 spiro atoms. The van der Waals surface area contributed by atoms with Gasteiger partial charge in [-0.05, 0) is 19.9 Å². The predicted molar refractivity (Wildman–Crippen MR) is 67.1 cm³/mol. The Morgan fingerprint density at radius 3 is 2.76 bits per heavy atom. The van der Waals surface area contributed by atoms with Crippen LogP contribution in [0, 0.1) is 6.92 Å². The first-order chi connectivity index (χ1) is 8.31. The van der Waals surface area contributed by atoms with E-state index in [1.165, 1.54) is 0 Å². The smallest absolute Gasteiger partial charge is 0.150 e. The van der Waals surface area contributed by atoms with E-state index >= 15 is 0 Å². The second-order valence-corrected chi connectivity index (χ2v) is 4.37. The number of β-amino-alcohol motifs (C(OH)–C–C–N with tert-alkyl or cyclic N) is 1. The molecule has 1 saturated heterocycles. The zero-order valence-corrected chi connectivity index (χ0v) is 10.3. The van der Waals surface area contributed by atoms with E-state index in [1.54, 1.807) is 12.4 Å². The van der Waals surface area contributed by atoms with Crippen molar-refractivity contribution >= 4 is 5.82 Å². The van der Waals surface area contributed by atoms with Crippen molar-refractivity contribution in [3.05, 3.63) is 18.1 Å².